The SMILES string of the molecule is Cc1csc2nc(C(=O)NC(c3ccccc3)c3ccccc3)cn12. The molecule has 2 aromatic heterocycles. The molecular formula is C20H17N3OS. The van der Waals surface area contributed by atoms with Crippen molar-refractivity contribution in [3.05, 3.63) is 94.8 Å². The normalized spacial score (nSPS) is 11.1. The summed E-state index contributed by atoms with van der Waals surface area (Å²) in [6.45, 7) is 2.00. The van der Waals surface area contributed by atoms with E-state index in [1.54, 1.807) is 6.20 Å². The first-order valence-corrected chi connectivity index (χ1v) is 8.94. The summed E-state index contributed by atoms with van der Waals surface area (Å²) in [6, 6.07) is 19.7. The highest BCUT2D eigenvalue weighted by atomic mass is 32.1. The third kappa shape index (κ3) is 3.06. The highest BCUT2D eigenvalue weighted by Gasteiger charge is 2.20. The molecule has 2 aromatic carbocycles. The van der Waals surface area contributed by atoms with E-state index in [9.17, 15) is 4.79 Å². The van der Waals surface area contributed by atoms with Crippen LogP contribution in [0.4, 0.5) is 0 Å². The van der Waals surface area contributed by atoms with Gasteiger partial charge in [0.15, 0.2) is 4.96 Å². The number of hydrogen-bond acceptors (Lipinski definition) is 3. The minimum atomic E-state index is -0.212. The lowest BCUT2D eigenvalue weighted by atomic mass is 9.98. The number of aryl methyl sites for hydroxylation is 1. The number of benzene rings is 2. The highest BCUT2D eigenvalue weighted by molar-refractivity contribution is 7.15. The molecule has 2 heterocycles. The standard InChI is InChI=1S/C20H17N3OS/c1-14-13-25-20-21-17(12-23(14)20)19(24)22-18(15-8-4-2-5-9-15)16-10-6-3-7-11-16/h2-13,18H,1H3,(H,22,24). The van der Waals surface area contributed by atoms with Crippen molar-refractivity contribution in [3.63, 3.8) is 0 Å². The number of nitrogens with one attached hydrogen (secondary N) is 1. The predicted octanol–water partition coefficient (Wildman–Crippen LogP) is 4.22. The Hall–Kier alpha value is -2.92. The second-order valence-corrected chi connectivity index (χ2v) is 6.72. The lowest BCUT2D eigenvalue weighted by molar-refractivity contribution is 0.0938. The Morgan fingerprint density at radius 2 is 1.64 bits per heavy atom. The van der Waals surface area contributed by atoms with E-state index in [4.69, 9.17) is 0 Å². The fourth-order valence-electron chi connectivity index (χ4n) is 2.86. The summed E-state index contributed by atoms with van der Waals surface area (Å²) in [6.07, 6.45) is 1.80. The molecule has 0 fully saturated rings. The summed E-state index contributed by atoms with van der Waals surface area (Å²) >= 11 is 1.54. The van der Waals surface area contributed by atoms with Gasteiger partial charge in [-0.3, -0.25) is 9.20 Å². The first kappa shape index (κ1) is 15.6. The van der Waals surface area contributed by atoms with Gasteiger partial charge in [-0.05, 0) is 18.1 Å². The van der Waals surface area contributed by atoms with Crippen LogP contribution in [-0.4, -0.2) is 15.3 Å². The van der Waals surface area contributed by atoms with E-state index in [-0.39, 0.29) is 11.9 Å². The maximum absolute atomic E-state index is 12.8. The van der Waals surface area contributed by atoms with Crippen LogP contribution in [0.3, 0.4) is 0 Å². The number of rotatable bonds is 4. The van der Waals surface area contributed by atoms with Gasteiger partial charge in [0.2, 0.25) is 0 Å². The summed E-state index contributed by atoms with van der Waals surface area (Å²) in [4.78, 5) is 18.1. The van der Waals surface area contributed by atoms with Crippen LogP contribution in [-0.2, 0) is 0 Å². The van der Waals surface area contributed by atoms with Gasteiger partial charge in [-0.25, -0.2) is 4.98 Å². The van der Waals surface area contributed by atoms with E-state index in [1.807, 2.05) is 77.4 Å². The molecule has 0 bridgehead atoms. The minimum absolute atomic E-state index is 0.173. The second-order valence-electron chi connectivity index (χ2n) is 5.88. The average Bonchev–Trinajstić information content (AvgIpc) is 3.23. The average molecular weight is 347 g/mol. The molecule has 1 N–H and O–H groups in total. The molecule has 5 heteroatoms. The maximum Gasteiger partial charge on any atom is 0.272 e. The number of fused-ring (bicyclic) bond motifs is 1. The molecule has 0 spiro atoms. The van der Waals surface area contributed by atoms with Gasteiger partial charge in [0.05, 0.1) is 6.04 Å². The molecular weight excluding hydrogens is 330 g/mol. The fourth-order valence-corrected chi connectivity index (χ4v) is 3.71. The number of nitrogens with zero attached hydrogens (tertiary/aromatic N) is 2. The predicted molar refractivity (Wildman–Crippen MR) is 100.0 cm³/mol. The van der Waals surface area contributed by atoms with Gasteiger partial charge in [0.25, 0.3) is 5.91 Å². The molecule has 0 radical (unpaired) electrons. The zero-order valence-corrected chi connectivity index (χ0v) is 14.5. The molecule has 0 saturated carbocycles. The highest BCUT2D eigenvalue weighted by Crippen LogP contribution is 2.23. The number of amides is 1. The Morgan fingerprint density at radius 1 is 1.04 bits per heavy atom. The monoisotopic (exact) mass is 347 g/mol. The molecule has 0 unspecified atom stereocenters. The molecule has 1 amide bonds. The van der Waals surface area contributed by atoms with Gasteiger partial charge in [0, 0.05) is 17.3 Å². The maximum atomic E-state index is 12.8. The van der Waals surface area contributed by atoms with E-state index in [1.165, 1.54) is 11.3 Å². The van der Waals surface area contributed by atoms with Crippen molar-refractivity contribution < 1.29 is 4.79 Å². The van der Waals surface area contributed by atoms with Gasteiger partial charge in [-0.15, -0.1) is 11.3 Å². The summed E-state index contributed by atoms with van der Waals surface area (Å²) < 4.78 is 1.94. The number of carbonyl (C=O) groups excluding carboxylic acids is 1. The van der Waals surface area contributed by atoms with Crippen LogP contribution >= 0.6 is 11.3 Å². The van der Waals surface area contributed by atoms with Gasteiger partial charge in [0.1, 0.15) is 5.69 Å². The largest absolute Gasteiger partial charge is 0.340 e. The van der Waals surface area contributed by atoms with Crippen molar-refractivity contribution in [2.45, 2.75) is 13.0 Å². The zero-order valence-electron chi connectivity index (χ0n) is 13.7. The third-order valence-electron chi connectivity index (χ3n) is 4.16. The lowest BCUT2D eigenvalue weighted by Gasteiger charge is -2.19. The molecule has 4 aromatic rings. The number of imidazole rings is 1. The van der Waals surface area contributed by atoms with Gasteiger partial charge >= 0.3 is 0 Å². The molecule has 0 aliphatic heterocycles. The Labute approximate surface area is 149 Å². The van der Waals surface area contributed by atoms with Crippen LogP contribution in [0.15, 0.2) is 72.2 Å². The number of hydrogen-bond donors (Lipinski definition) is 1. The van der Waals surface area contributed by atoms with Gasteiger partial charge in [-0.2, -0.15) is 0 Å². The molecule has 0 atom stereocenters. The van der Waals surface area contributed by atoms with Crippen molar-refractivity contribution in [3.8, 4) is 0 Å². The van der Waals surface area contributed by atoms with Crippen molar-refractivity contribution >= 4 is 22.2 Å². The molecule has 0 saturated heterocycles. The number of aromatic nitrogens is 2. The Kier molecular flexibility index (Phi) is 4.07. The van der Waals surface area contributed by atoms with Crippen molar-refractivity contribution in [2.75, 3.05) is 0 Å². The minimum Gasteiger partial charge on any atom is -0.340 e. The summed E-state index contributed by atoms with van der Waals surface area (Å²) in [7, 11) is 0. The van der Waals surface area contributed by atoms with E-state index >= 15 is 0 Å². The van der Waals surface area contributed by atoms with Crippen LogP contribution in [0.5, 0.6) is 0 Å². The van der Waals surface area contributed by atoms with Crippen LogP contribution < -0.4 is 5.32 Å². The van der Waals surface area contributed by atoms with E-state index in [0.29, 0.717) is 5.69 Å². The first-order valence-electron chi connectivity index (χ1n) is 8.06. The first-order chi connectivity index (χ1) is 12.2. The van der Waals surface area contributed by atoms with Crippen LogP contribution in [0.1, 0.15) is 33.4 Å². The molecule has 4 nitrogen and oxygen atoms in total. The van der Waals surface area contributed by atoms with E-state index in [2.05, 4.69) is 10.3 Å². The lowest BCUT2D eigenvalue weighted by Crippen LogP contribution is -2.29. The van der Waals surface area contributed by atoms with Crippen molar-refractivity contribution in [1.82, 2.24) is 14.7 Å². The Bertz CT molecular complexity index is 966. The Balaban J connectivity index is 1.67. The molecule has 124 valence electrons. The number of carbonyl (C=O) groups is 1. The summed E-state index contributed by atoms with van der Waals surface area (Å²) in [5, 5.41) is 5.15. The molecule has 0 aliphatic rings. The van der Waals surface area contributed by atoms with Crippen molar-refractivity contribution in [2.24, 2.45) is 0 Å². The zero-order chi connectivity index (χ0) is 17.2. The molecule has 0 aliphatic carbocycles. The van der Waals surface area contributed by atoms with Crippen molar-refractivity contribution in [1.29, 1.82) is 0 Å². The van der Waals surface area contributed by atoms with E-state index in [0.717, 1.165) is 21.8 Å². The molecule has 4 rings (SSSR count). The fraction of sp³-hybridized carbons (Fsp3) is 0.100. The molecule has 25 heavy (non-hydrogen) atoms. The summed E-state index contributed by atoms with van der Waals surface area (Å²) in [5.74, 6) is -0.173. The smallest absolute Gasteiger partial charge is 0.272 e. The van der Waals surface area contributed by atoms with E-state index < -0.39 is 0 Å². The second kappa shape index (κ2) is 6.53. The summed E-state index contributed by atoms with van der Waals surface area (Å²) in [5.41, 5.74) is 3.60. The Morgan fingerprint density at radius 3 is 2.20 bits per heavy atom. The van der Waals surface area contributed by atoms with Crippen LogP contribution in [0, 0.1) is 6.92 Å². The van der Waals surface area contributed by atoms with Gasteiger partial charge < -0.3 is 5.32 Å². The van der Waals surface area contributed by atoms with Gasteiger partial charge in [-0.1, -0.05) is 60.7 Å². The van der Waals surface area contributed by atoms with Crippen LogP contribution in [0.25, 0.3) is 4.96 Å². The quantitative estimate of drug-likeness (QED) is 0.601. The number of thiazole rings is 1. The van der Waals surface area contributed by atoms with Crippen LogP contribution in [0.2, 0.25) is 0 Å². The third-order valence-corrected chi connectivity index (χ3v) is 5.12. The topological polar surface area (TPSA) is 46.4 Å².